The van der Waals surface area contributed by atoms with Crippen LogP contribution < -0.4 is 9.47 Å². The minimum Gasteiger partial charge on any atom is -0.491 e. The largest absolute Gasteiger partial charge is 0.491 e. The van der Waals surface area contributed by atoms with E-state index < -0.39 is 0 Å². The molecule has 10 aromatic rings. The smallest absolute Gasteiger partial charge is 0.128 e. The van der Waals surface area contributed by atoms with Gasteiger partial charge >= 0.3 is 0 Å². The molecule has 0 radical (unpaired) electrons. The monoisotopic (exact) mass is 854 g/mol. The lowest BCUT2D eigenvalue weighted by molar-refractivity contribution is 0.146. The molecule has 4 nitrogen and oxygen atoms in total. The molecule has 0 fully saturated rings. The molecule has 314 valence electrons. The minimum absolute atomic E-state index is 0.426. The lowest BCUT2D eigenvalue weighted by Crippen LogP contribution is -2.07. The van der Waals surface area contributed by atoms with E-state index in [1.54, 1.807) is 14.2 Å². The summed E-state index contributed by atoms with van der Waals surface area (Å²) in [6.45, 7) is 10.3. The zero-order valence-corrected chi connectivity index (χ0v) is 38.2. The molecule has 8 aromatic carbocycles. The molecule has 0 saturated carbocycles. The van der Waals surface area contributed by atoms with Crippen LogP contribution in [-0.4, -0.2) is 40.6 Å². The van der Waals surface area contributed by atoms with Crippen LogP contribution in [0.15, 0.2) is 146 Å². The van der Waals surface area contributed by atoms with Gasteiger partial charge in [-0.1, -0.05) is 150 Å². The van der Waals surface area contributed by atoms with E-state index in [1.165, 1.54) is 75.4 Å². The third-order valence-corrected chi connectivity index (χ3v) is 13.2. The van der Waals surface area contributed by atoms with Gasteiger partial charge in [-0.2, -0.15) is 0 Å². The maximum atomic E-state index is 6.54. The first-order valence-electron chi connectivity index (χ1n) is 21.7. The number of rotatable bonds is 11. The summed E-state index contributed by atoms with van der Waals surface area (Å²) in [6, 6.07) is 52.9. The summed E-state index contributed by atoms with van der Waals surface area (Å²) < 4.78 is 29.1. The van der Waals surface area contributed by atoms with Gasteiger partial charge in [-0.15, -0.1) is 22.7 Å². The van der Waals surface area contributed by atoms with E-state index in [9.17, 15) is 0 Å². The lowest BCUT2D eigenvalue weighted by Gasteiger charge is -2.20. The standard InChI is InChI=1S/C50H38O4S2.2C3H8/c1-51-25-27-53-43-23-19-31-29-33(37-11-7-13-41-39-9-3-5-15-45(39)55-49(37)41)17-21-35(31)47(43)48-36-22-18-34(30-32(36)20-24-44(48)54-28-26-52-2)38-12-8-14-42-40-10-4-6-16-46(40)56-50(38)42;2*1-3-2/h3-24,29-30H,25-28H2,1-2H3;2*3H2,1-2H3. The summed E-state index contributed by atoms with van der Waals surface area (Å²) in [6.07, 6.45) is 2.50. The second-order valence-corrected chi connectivity index (χ2v) is 17.5. The molecule has 0 bridgehead atoms. The Morgan fingerprint density at radius 2 is 0.790 bits per heavy atom. The van der Waals surface area contributed by atoms with Crippen LogP contribution in [0.4, 0.5) is 0 Å². The molecule has 0 N–H and O–H groups in total. The second-order valence-electron chi connectivity index (χ2n) is 15.4. The molecule has 0 unspecified atom stereocenters. The highest BCUT2D eigenvalue weighted by molar-refractivity contribution is 7.26. The number of methoxy groups -OCH3 is 2. The summed E-state index contributed by atoms with van der Waals surface area (Å²) in [5.74, 6) is 1.58. The van der Waals surface area contributed by atoms with Crippen LogP contribution in [0, 0.1) is 0 Å². The van der Waals surface area contributed by atoms with Crippen molar-refractivity contribution in [1.82, 2.24) is 0 Å². The highest BCUT2D eigenvalue weighted by atomic mass is 32.1. The number of fused-ring (bicyclic) bond motifs is 8. The minimum atomic E-state index is 0.426. The van der Waals surface area contributed by atoms with E-state index in [0.29, 0.717) is 26.4 Å². The molecule has 62 heavy (non-hydrogen) atoms. The molecule has 10 rings (SSSR count). The van der Waals surface area contributed by atoms with Gasteiger partial charge in [0.15, 0.2) is 0 Å². The Labute approximate surface area is 373 Å². The first-order chi connectivity index (χ1) is 30.5. The fraction of sp³-hybridized carbons (Fsp3) is 0.214. The van der Waals surface area contributed by atoms with Crippen molar-refractivity contribution in [2.75, 3.05) is 40.6 Å². The van der Waals surface area contributed by atoms with Gasteiger partial charge in [0.2, 0.25) is 0 Å². The SMILES string of the molecule is CCC.CCC.COCCOc1ccc2cc(-c3cccc4c3sc3ccccc34)ccc2c1-c1c(OCCOC)ccc2cc(-c3cccc4c3sc3ccccc34)ccc12. The predicted octanol–water partition coefficient (Wildman–Crippen LogP) is 16.6. The number of hydrogen-bond donors (Lipinski definition) is 0. The van der Waals surface area contributed by atoms with E-state index in [4.69, 9.17) is 18.9 Å². The van der Waals surface area contributed by atoms with Crippen molar-refractivity contribution in [3.05, 3.63) is 146 Å². The Balaban J connectivity index is 0.000000836. The molecule has 0 aliphatic carbocycles. The Bertz CT molecular complexity index is 2910. The van der Waals surface area contributed by atoms with E-state index in [1.807, 2.05) is 22.7 Å². The Kier molecular flexibility index (Phi) is 13.8. The molecular weight excluding hydrogens is 801 g/mol. The predicted molar refractivity (Wildman–Crippen MR) is 270 cm³/mol. The van der Waals surface area contributed by atoms with Crippen LogP contribution >= 0.6 is 22.7 Å². The summed E-state index contributed by atoms with van der Waals surface area (Å²) in [7, 11) is 3.40. The zero-order valence-electron chi connectivity index (χ0n) is 36.5. The van der Waals surface area contributed by atoms with E-state index in [2.05, 4.69) is 173 Å². The summed E-state index contributed by atoms with van der Waals surface area (Å²) >= 11 is 3.72. The Hall–Kier alpha value is -5.76. The zero-order chi connectivity index (χ0) is 43.0. The van der Waals surface area contributed by atoms with Crippen LogP contribution in [-0.2, 0) is 9.47 Å². The Morgan fingerprint density at radius 1 is 0.387 bits per heavy atom. The van der Waals surface area contributed by atoms with Crippen molar-refractivity contribution in [2.45, 2.75) is 40.5 Å². The van der Waals surface area contributed by atoms with Gasteiger partial charge in [-0.25, -0.2) is 0 Å². The van der Waals surface area contributed by atoms with Gasteiger partial charge < -0.3 is 18.9 Å². The second kappa shape index (κ2) is 20.0. The van der Waals surface area contributed by atoms with Crippen molar-refractivity contribution >= 4 is 84.6 Å². The molecular formula is C56H54O4S2. The van der Waals surface area contributed by atoms with Crippen LogP contribution in [0.25, 0.3) is 95.3 Å². The maximum Gasteiger partial charge on any atom is 0.128 e. The van der Waals surface area contributed by atoms with Gasteiger partial charge in [0.25, 0.3) is 0 Å². The molecule has 0 spiro atoms. The molecule has 2 aromatic heterocycles. The topological polar surface area (TPSA) is 36.9 Å². The summed E-state index contributed by atoms with van der Waals surface area (Å²) in [5, 5.41) is 9.63. The van der Waals surface area contributed by atoms with E-state index in [-0.39, 0.29) is 0 Å². The molecule has 2 heterocycles. The third kappa shape index (κ3) is 8.53. The first kappa shape index (κ1) is 42.9. The van der Waals surface area contributed by atoms with Crippen molar-refractivity contribution in [2.24, 2.45) is 0 Å². The highest BCUT2D eigenvalue weighted by Gasteiger charge is 2.21. The normalized spacial score (nSPS) is 11.3. The first-order valence-corrected chi connectivity index (χ1v) is 23.3. The fourth-order valence-corrected chi connectivity index (χ4v) is 10.6. The molecule has 0 atom stereocenters. The number of hydrogen-bond acceptors (Lipinski definition) is 6. The van der Waals surface area contributed by atoms with Crippen molar-refractivity contribution < 1.29 is 18.9 Å². The quantitative estimate of drug-likeness (QED) is 0.121. The van der Waals surface area contributed by atoms with Gasteiger partial charge in [-0.3, -0.25) is 0 Å². The van der Waals surface area contributed by atoms with Crippen LogP contribution in [0.1, 0.15) is 40.5 Å². The maximum absolute atomic E-state index is 6.54. The molecule has 0 aliphatic rings. The average Bonchev–Trinajstić information content (AvgIpc) is 3.88. The lowest BCUT2D eigenvalue weighted by atomic mass is 9.89. The van der Waals surface area contributed by atoms with E-state index in [0.717, 1.165) is 44.2 Å². The van der Waals surface area contributed by atoms with Crippen LogP contribution in [0.2, 0.25) is 0 Å². The third-order valence-electron chi connectivity index (χ3n) is 10.7. The van der Waals surface area contributed by atoms with Crippen molar-refractivity contribution in [3.63, 3.8) is 0 Å². The number of benzene rings is 8. The van der Waals surface area contributed by atoms with Gasteiger partial charge in [0, 0.05) is 65.7 Å². The molecule has 0 saturated heterocycles. The van der Waals surface area contributed by atoms with Crippen molar-refractivity contribution in [3.8, 4) is 44.9 Å². The van der Waals surface area contributed by atoms with Gasteiger partial charge in [0.05, 0.1) is 13.2 Å². The molecule has 0 amide bonds. The van der Waals surface area contributed by atoms with Gasteiger partial charge in [-0.05, 0) is 80.2 Å². The Morgan fingerprint density at radius 3 is 1.21 bits per heavy atom. The molecule has 6 heteroatoms. The van der Waals surface area contributed by atoms with Crippen LogP contribution in [0.5, 0.6) is 11.5 Å². The van der Waals surface area contributed by atoms with E-state index >= 15 is 0 Å². The van der Waals surface area contributed by atoms with Crippen molar-refractivity contribution in [1.29, 1.82) is 0 Å². The highest BCUT2D eigenvalue weighted by Crippen LogP contribution is 2.48. The fourth-order valence-electron chi connectivity index (χ4n) is 8.13. The summed E-state index contributed by atoms with van der Waals surface area (Å²) in [4.78, 5) is 0. The molecule has 0 aliphatic heterocycles. The average molecular weight is 855 g/mol. The van der Waals surface area contributed by atoms with Gasteiger partial charge in [0.1, 0.15) is 24.7 Å². The number of thiophene rings is 2. The van der Waals surface area contributed by atoms with Crippen LogP contribution in [0.3, 0.4) is 0 Å². The number of ether oxygens (including phenoxy) is 4. The summed E-state index contributed by atoms with van der Waals surface area (Å²) in [5.41, 5.74) is 6.85.